The number of para-hydroxylation sites is 1. The largest absolute Gasteiger partial charge is 0.398 e. The van der Waals surface area contributed by atoms with Crippen LogP contribution in [0.3, 0.4) is 0 Å². The van der Waals surface area contributed by atoms with Crippen molar-refractivity contribution in [2.45, 2.75) is 33.4 Å². The van der Waals surface area contributed by atoms with E-state index < -0.39 is 17.3 Å². The molecule has 2 aromatic rings. The van der Waals surface area contributed by atoms with E-state index >= 15 is 0 Å². The Morgan fingerprint density at radius 3 is 2.41 bits per heavy atom. The number of nitrogen functional groups attached to an aromatic ring is 1. The minimum atomic E-state index is -1.15. The Bertz CT molecular complexity index is 929. The molecular formula is C22H26N4O3. The lowest BCUT2D eigenvalue weighted by atomic mass is 9.91. The van der Waals surface area contributed by atoms with Crippen LogP contribution in [0.1, 0.15) is 36.7 Å². The van der Waals surface area contributed by atoms with E-state index in [9.17, 15) is 14.4 Å². The first-order valence-corrected chi connectivity index (χ1v) is 9.63. The molecule has 0 radical (unpaired) electrons. The van der Waals surface area contributed by atoms with Crippen LogP contribution >= 0.6 is 0 Å². The molecule has 0 bridgehead atoms. The highest BCUT2D eigenvalue weighted by molar-refractivity contribution is 6.14. The van der Waals surface area contributed by atoms with Gasteiger partial charge in [-0.05, 0) is 37.6 Å². The average molecular weight is 394 g/mol. The van der Waals surface area contributed by atoms with Crippen molar-refractivity contribution in [1.82, 2.24) is 15.6 Å². The first-order chi connectivity index (χ1) is 13.8. The number of carbonyl (C=O) groups excluding carboxylic acids is 3. The van der Waals surface area contributed by atoms with Gasteiger partial charge in [-0.15, -0.1) is 0 Å². The van der Waals surface area contributed by atoms with E-state index in [1.165, 1.54) is 0 Å². The Hall–Kier alpha value is -3.22. The molecule has 0 aliphatic heterocycles. The number of hydrogen-bond donors (Lipinski definition) is 3. The van der Waals surface area contributed by atoms with E-state index in [0.29, 0.717) is 11.3 Å². The number of hydrogen-bond acceptors (Lipinski definition) is 5. The van der Waals surface area contributed by atoms with E-state index in [1.807, 2.05) is 19.9 Å². The number of nitrogens with two attached hydrogens (primary N) is 1. The summed E-state index contributed by atoms with van der Waals surface area (Å²) in [6, 6.07) is 10.3. The fourth-order valence-corrected chi connectivity index (χ4v) is 3.81. The Labute approximate surface area is 170 Å². The topological polar surface area (TPSA) is 114 Å². The number of Topliss-reactive ketones (excluding diaryl/α,β-unsaturated/α-hetero) is 1. The zero-order chi connectivity index (χ0) is 21.2. The van der Waals surface area contributed by atoms with Crippen molar-refractivity contribution in [2.75, 3.05) is 5.73 Å². The molecular weight excluding hydrogens is 368 g/mol. The van der Waals surface area contributed by atoms with Crippen LogP contribution in [0.2, 0.25) is 0 Å². The minimum absolute atomic E-state index is 0.0941. The summed E-state index contributed by atoms with van der Waals surface area (Å²) in [4.78, 5) is 43.0. The zero-order valence-corrected chi connectivity index (χ0v) is 16.8. The summed E-state index contributed by atoms with van der Waals surface area (Å²) < 4.78 is 0. The van der Waals surface area contributed by atoms with Crippen molar-refractivity contribution in [3.8, 4) is 0 Å². The highest BCUT2D eigenvalue weighted by atomic mass is 16.2. The van der Waals surface area contributed by atoms with Gasteiger partial charge in [0.1, 0.15) is 0 Å². The lowest BCUT2D eigenvalue weighted by molar-refractivity contribution is -0.127. The van der Waals surface area contributed by atoms with Crippen LogP contribution in [0.25, 0.3) is 0 Å². The summed E-state index contributed by atoms with van der Waals surface area (Å²) in [5.41, 5.74) is 6.34. The fourth-order valence-electron chi connectivity index (χ4n) is 3.81. The van der Waals surface area contributed by atoms with Crippen molar-refractivity contribution in [1.29, 1.82) is 0 Å². The summed E-state index contributed by atoms with van der Waals surface area (Å²) in [7, 11) is 0. The molecule has 7 heteroatoms. The standard InChI is InChI=1S/C22H26N4O3/c1-13(2)26-21(29)18-17(20(28)25-12-14-7-6-10-24-11-14)22(18,3)19(27)15-8-4-5-9-16(15)23/h4-11,13,17-18H,12,23H2,1-3H3,(H,25,28)(H,26,29)/t17-,18+,22+/m0/s1. The SMILES string of the molecule is CC(C)NC(=O)[C@H]1[C@@H](C(=O)NCc2cccnc2)[C@@]1(C)C(=O)c1ccccc1N. The minimum Gasteiger partial charge on any atom is -0.398 e. The lowest BCUT2D eigenvalue weighted by Crippen LogP contribution is -2.34. The number of aromatic nitrogens is 1. The molecule has 0 saturated heterocycles. The van der Waals surface area contributed by atoms with Gasteiger partial charge in [-0.2, -0.15) is 0 Å². The first-order valence-electron chi connectivity index (χ1n) is 9.63. The monoisotopic (exact) mass is 394 g/mol. The van der Waals surface area contributed by atoms with Gasteiger partial charge in [0.05, 0.1) is 17.3 Å². The molecule has 29 heavy (non-hydrogen) atoms. The van der Waals surface area contributed by atoms with Crippen molar-refractivity contribution >= 4 is 23.3 Å². The van der Waals surface area contributed by atoms with Crippen molar-refractivity contribution in [3.63, 3.8) is 0 Å². The Morgan fingerprint density at radius 2 is 1.79 bits per heavy atom. The second-order valence-electron chi connectivity index (χ2n) is 7.90. The number of amides is 2. The molecule has 3 rings (SSSR count). The second kappa shape index (κ2) is 8.03. The second-order valence-corrected chi connectivity index (χ2v) is 7.90. The molecule has 0 unspecified atom stereocenters. The molecule has 1 aromatic heterocycles. The van der Waals surface area contributed by atoms with Crippen molar-refractivity contribution in [3.05, 3.63) is 59.9 Å². The van der Waals surface area contributed by atoms with Crippen LogP contribution in [0.4, 0.5) is 5.69 Å². The van der Waals surface area contributed by atoms with Gasteiger partial charge < -0.3 is 16.4 Å². The van der Waals surface area contributed by atoms with E-state index in [2.05, 4.69) is 15.6 Å². The van der Waals surface area contributed by atoms with Crippen molar-refractivity contribution < 1.29 is 14.4 Å². The van der Waals surface area contributed by atoms with E-state index in [4.69, 9.17) is 5.73 Å². The molecule has 1 saturated carbocycles. The third-order valence-electron chi connectivity index (χ3n) is 5.40. The number of benzene rings is 1. The summed E-state index contributed by atoms with van der Waals surface area (Å²) >= 11 is 0. The number of anilines is 1. The highest BCUT2D eigenvalue weighted by Gasteiger charge is 2.72. The lowest BCUT2D eigenvalue weighted by Gasteiger charge is -2.14. The fraction of sp³-hybridized carbons (Fsp3) is 0.364. The van der Waals surface area contributed by atoms with Crippen molar-refractivity contribution in [2.24, 2.45) is 17.3 Å². The maximum Gasteiger partial charge on any atom is 0.225 e. The van der Waals surface area contributed by atoms with Crippen LogP contribution in [-0.4, -0.2) is 28.6 Å². The maximum absolute atomic E-state index is 13.3. The molecule has 1 aromatic carbocycles. The molecule has 1 aliphatic carbocycles. The molecule has 1 fully saturated rings. The third kappa shape index (κ3) is 3.99. The smallest absolute Gasteiger partial charge is 0.225 e. The molecule has 0 spiro atoms. The molecule has 1 aliphatic rings. The number of ketones is 1. The number of nitrogens with one attached hydrogen (secondary N) is 2. The van der Waals surface area contributed by atoms with Gasteiger partial charge in [0, 0.05) is 36.2 Å². The summed E-state index contributed by atoms with van der Waals surface area (Å²) in [6.45, 7) is 5.62. The van der Waals surface area contributed by atoms with Gasteiger partial charge >= 0.3 is 0 Å². The first kappa shape index (κ1) is 20.5. The highest BCUT2D eigenvalue weighted by Crippen LogP contribution is 2.60. The predicted molar refractivity (Wildman–Crippen MR) is 110 cm³/mol. The van der Waals surface area contributed by atoms with Gasteiger partial charge in [0.25, 0.3) is 0 Å². The van der Waals surface area contributed by atoms with E-state index in [0.717, 1.165) is 5.56 Å². The van der Waals surface area contributed by atoms with Crippen LogP contribution < -0.4 is 16.4 Å². The molecule has 2 amide bonds. The van der Waals surface area contributed by atoms with E-state index in [-0.39, 0.29) is 30.2 Å². The summed E-state index contributed by atoms with van der Waals surface area (Å²) in [6.07, 6.45) is 3.31. The number of carbonyl (C=O) groups is 3. The maximum atomic E-state index is 13.3. The molecule has 4 N–H and O–H groups in total. The van der Waals surface area contributed by atoms with Gasteiger partial charge in [0.15, 0.2) is 5.78 Å². The molecule has 1 heterocycles. The third-order valence-corrected chi connectivity index (χ3v) is 5.40. The number of rotatable bonds is 7. The molecule has 3 atom stereocenters. The van der Waals surface area contributed by atoms with E-state index in [1.54, 1.807) is 49.6 Å². The van der Waals surface area contributed by atoms with Gasteiger partial charge in [-0.25, -0.2) is 0 Å². The van der Waals surface area contributed by atoms with Crippen LogP contribution in [-0.2, 0) is 16.1 Å². The number of pyridine rings is 1. The van der Waals surface area contributed by atoms with Crippen LogP contribution in [0.5, 0.6) is 0 Å². The van der Waals surface area contributed by atoms with Gasteiger partial charge in [0.2, 0.25) is 11.8 Å². The summed E-state index contributed by atoms with van der Waals surface area (Å²) in [5, 5.41) is 5.66. The number of nitrogens with zero attached hydrogens (tertiary/aromatic N) is 1. The van der Waals surface area contributed by atoms with Gasteiger partial charge in [-0.1, -0.05) is 25.1 Å². The zero-order valence-electron chi connectivity index (χ0n) is 16.8. The summed E-state index contributed by atoms with van der Waals surface area (Å²) in [5.74, 6) is -2.42. The van der Waals surface area contributed by atoms with Crippen LogP contribution in [0, 0.1) is 17.3 Å². The molecule has 152 valence electrons. The van der Waals surface area contributed by atoms with Gasteiger partial charge in [-0.3, -0.25) is 19.4 Å². The normalized spacial score (nSPS) is 22.8. The Morgan fingerprint density at radius 1 is 1.10 bits per heavy atom. The Kier molecular flexibility index (Phi) is 5.68. The predicted octanol–water partition coefficient (Wildman–Crippen LogP) is 1.94. The molecule has 7 nitrogen and oxygen atoms in total. The quantitative estimate of drug-likeness (QED) is 0.490. The Balaban J connectivity index is 1.84. The average Bonchev–Trinajstić information content (AvgIpc) is 3.33. The van der Waals surface area contributed by atoms with Crippen LogP contribution in [0.15, 0.2) is 48.8 Å².